The monoisotopic (exact) mass is 1030 g/mol. The zero-order chi connectivity index (χ0) is 52.7. The maximum absolute atomic E-state index is 12.9. The number of aliphatic hydroxyl groups excluding tert-OH is 1. The third-order valence-electron chi connectivity index (χ3n) is 11.8. The smallest absolute Gasteiger partial charge is 0.462 e. The third kappa shape index (κ3) is 51.6. The fourth-order valence-electron chi connectivity index (χ4n) is 7.42. The van der Waals surface area contributed by atoms with Gasteiger partial charge in [-0.3, -0.25) is 23.4 Å². The average molecular weight is 1030 g/mol. The van der Waals surface area contributed by atoms with E-state index in [4.69, 9.17) is 23.3 Å². The Morgan fingerprint density at radius 2 is 0.736 bits per heavy atom. The van der Waals surface area contributed by atoms with Gasteiger partial charge >= 0.3 is 25.7 Å². The quantitative estimate of drug-likeness (QED) is 0.0197. The molecule has 414 valence electrons. The molecule has 72 heavy (non-hydrogen) atoms. The zero-order valence-electron chi connectivity index (χ0n) is 45.6. The Balaban J connectivity index is 4.82. The van der Waals surface area contributed by atoms with Crippen molar-refractivity contribution in [2.75, 3.05) is 26.4 Å². The molecule has 0 aliphatic carbocycles. The van der Waals surface area contributed by atoms with E-state index in [1.807, 2.05) is 0 Å². The van der Waals surface area contributed by atoms with Crippen LogP contribution in [0.25, 0.3) is 0 Å². The number of carbonyl (C=O) groups is 3. The highest BCUT2D eigenvalue weighted by Gasteiger charge is 2.28. The fraction of sp³-hybridized carbons (Fsp3) is 0.717. The summed E-state index contributed by atoms with van der Waals surface area (Å²) in [6.45, 7) is 4.42. The molecule has 0 spiro atoms. The molecule has 0 bridgehead atoms. The van der Waals surface area contributed by atoms with Gasteiger partial charge in [0.25, 0.3) is 0 Å². The van der Waals surface area contributed by atoms with Crippen LogP contribution in [0.3, 0.4) is 0 Å². The van der Waals surface area contributed by atoms with Gasteiger partial charge in [-0.15, -0.1) is 0 Å². The maximum Gasteiger partial charge on any atom is 0.472 e. The lowest BCUT2D eigenvalue weighted by Crippen LogP contribution is -2.30. The summed E-state index contributed by atoms with van der Waals surface area (Å²) < 4.78 is 39.4. The van der Waals surface area contributed by atoms with Crippen molar-refractivity contribution >= 4 is 25.7 Å². The summed E-state index contributed by atoms with van der Waals surface area (Å²) in [5.74, 6) is -1.53. The van der Waals surface area contributed by atoms with Gasteiger partial charge in [-0.05, 0) is 109 Å². The summed E-state index contributed by atoms with van der Waals surface area (Å²) in [5.41, 5.74) is 0. The molecule has 2 N–H and O–H groups in total. The van der Waals surface area contributed by atoms with E-state index in [1.54, 1.807) is 0 Å². The number of ether oxygens (including phenoxy) is 3. The van der Waals surface area contributed by atoms with E-state index in [1.165, 1.54) is 51.4 Å². The maximum atomic E-state index is 12.9. The Morgan fingerprint density at radius 3 is 1.18 bits per heavy atom. The van der Waals surface area contributed by atoms with Gasteiger partial charge in [0.1, 0.15) is 12.7 Å². The second-order valence-corrected chi connectivity index (χ2v) is 20.2. The summed E-state index contributed by atoms with van der Waals surface area (Å²) in [4.78, 5) is 48.5. The molecule has 3 unspecified atom stereocenters. The van der Waals surface area contributed by atoms with Crippen molar-refractivity contribution in [1.82, 2.24) is 0 Å². The van der Waals surface area contributed by atoms with Crippen molar-refractivity contribution in [3.8, 4) is 0 Å². The summed E-state index contributed by atoms with van der Waals surface area (Å²) in [5, 5.41) is 9.79. The van der Waals surface area contributed by atoms with E-state index in [9.17, 15) is 28.9 Å². The summed E-state index contributed by atoms with van der Waals surface area (Å²) >= 11 is 0. The molecule has 12 heteroatoms. The van der Waals surface area contributed by atoms with Gasteiger partial charge in [-0.1, -0.05) is 196 Å². The summed E-state index contributed by atoms with van der Waals surface area (Å²) in [6.07, 6.45) is 61.2. The van der Waals surface area contributed by atoms with Gasteiger partial charge in [0, 0.05) is 19.3 Å². The number of rotatable bonds is 52. The fourth-order valence-corrected chi connectivity index (χ4v) is 8.20. The molecule has 0 saturated carbocycles. The molecule has 0 aliphatic heterocycles. The van der Waals surface area contributed by atoms with Crippen LogP contribution in [0.15, 0.2) is 85.1 Å². The molecular weight excluding hydrogens is 928 g/mol. The molecule has 0 aromatic rings. The number of phosphoric ester groups is 1. The number of allylic oxidation sites excluding steroid dienone is 14. The Morgan fingerprint density at radius 1 is 0.403 bits per heavy atom. The Bertz CT molecular complexity index is 1530. The molecule has 0 saturated heterocycles. The topological polar surface area (TPSA) is 155 Å². The summed E-state index contributed by atoms with van der Waals surface area (Å²) in [7, 11) is -4.76. The minimum atomic E-state index is -4.76. The predicted octanol–water partition coefficient (Wildman–Crippen LogP) is 16.7. The molecule has 0 heterocycles. The predicted molar refractivity (Wildman–Crippen MR) is 298 cm³/mol. The highest BCUT2D eigenvalue weighted by atomic mass is 31.2. The van der Waals surface area contributed by atoms with E-state index in [-0.39, 0.29) is 25.9 Å². The SMILES string of the molecule is CC/C=C\C/C=C\C/C=C\C/C=C\C/C=C\CCCCCC(=O)OC(COC(=O)CCCCCCC/C=C\CCCCCCCC)COP(=O)(O)OCC(CO)OC(=O)CCCCCCC/C=C\CCCC. The molecule has 0 rings (SSSR count). The van der Waals surface area contributed by atoms with Crippen LogP contribution in [0.5, 0.6) is 0 Å². The number of aliphatic hydroxyl groups is 1. The first-order valence-electron chi connectivity index (χ1n) is 28.5. The van der Waals surface area contributed by atoms with Gasteiger partial charge < -0.3 is 24.2 Å². The van der Waals surface area contributed by atoms with Crippen LogP contribution in [-0.2, 0) is 42.2 Å². The first-order valence-corrected chi connectivity index (χ1v) is 30.0. The lowest BCUT2D eigenvalue weighted by Gasteiger charge is -2.21. The number of esters is 3. The van der Waals surface area contributed by atoms with Crippen molar-refractivity contribution < 1.29 is 52.2 Å². The van der Waals surface area contributed by atoms with Crippen LogP contribution >= 0.6 is 7.82 Å². The molecule has 0 aliphatic rings. The summed E-state index contributed by atoms with van der Waals surface area (Å²) in [6, 6.07) is 0. The first kappa shape index (κ1) is 68.7. The second-order valence-electron chi connectivity index (χ2n) is 18.7. The van der Waals surface area contributed by atoms with Gasteiger partial charge in [0.2, 0.25) is 0 Å². The highest BCUT2D eigenvalue weighted by Crippen LogP contribution is 2.43. The van der Waals surface area contributed by atoms with Crippen LogP contribution in [0.1, 0.15) is 239 Å². The normalized spacial score (nSPS) is 14.0. The van der Waals surface area contributed by atoms with Crippen LogP contribution in [-0.4, -0.2) is 66.5 Å². The van der Waals surface area contributed by atoms with Crippen LogP contribution in [0, 0.1) is 0 Å². The minimum absolute atomic E-state index is 0.124. The number of carbonyl (C=O) groups excluding carboxylic acids is 3. The van der Waals surface area contributed by atoms with Gasteiger partial charge in [-0.2, -0.15) is 0 Å². The van der Waals surface area contributed by atoms with E-state index >= 15 is 0 Å². The van der Waals surface area contributed by atoms with Crippen molar-refractivity contribution in [2.24, 2.45) is 0 Å². The average Bonchev–Trinajstić information content (AvgIpc) is 3.37. The van der Waals surface area contributed by atoms with Crippen LogP contribution < -0.4 is 0 Å². The van der Waals surface area contributed by atoms with Gasteiger partial charge in [-0.25, -0.2) is 4.57 Å². The second kappa shape index (κ2) is 53.9. The van der Waals surface area contributed by atoms with E-state index in [0.717, 1.165) is 128 Å². The van der Waals surface area contributed by atoms with Crippen LogP contribution in [0.4, 0.5) is 0 Å². The first-order chi connectivity index (χ1) is 35.2. The molecule has 0 fully saturated rings. The largest absolute Gasteiger partial charge is 0.472 e. The van der Waals surface area contributed by atoms with Crippen molar-refractivity contribution in [3.63, 3.8) is 0 Å². The molecule has 3 atom stereocenters. The number of phosphoric acid groups is 1. The Kier molecular flexibility index (Phi) is 51.4. The molecular formula is C60H103O11P. The van der Waals surface area contributed by atoms with Crippen molar-refractivity contribution in [1.29, 1.82) is 0 Å². The lowest BCUT2D eigenvalue weighted by atomic mass is 10.1. The van der Waals surface area contributed by atoms with E-state index < -0.39 is 57.8 Å². The van der Waals surface area contributed by atoms with Gasteiger partial charge in [0.05, 0.1) is 19.8 Å². The van der Waals surface area contributed by atoms with Gasteiger partial charge in [0.15, 0.2) is 6.10 Å². The number of hydrogen-bond donors (Lipinski definition) is 2. The Hall–Kier alpha value is -3.34. The zero-order valence-corrected chi connectivity index (χ0v) is 46.5. The number of hydrogen-bond acceptors (Lipinski definition) is 10. The number of unbranched alkanes of at least 4 members (excludes halogenated alkanes) is 21. The standard InChI is InChI=1S/C60H103O11P/c1-4-7-10-13-16-19-22-24-26-27-28-29-31-33-36-39-42-45-48-51-60(64)71-57(53-67-58(62)49-46-43-40-37-35-32-30-25-23-20-17-14-11-8-5-2)55-69-72(65,66)68-54-56(52-61)70-59(63)50-47-44-41-38-34-21-18-15-12-9-6-3/h7,10,15-16,18-19,24-26,28-30,33,36,56-57,61H,4-6,8-9,11-14,17,20-23,27,31-32,34-35,37-55H2,1-3H3,(H,65,66)/b10-7-,18-15-,19-16-,26-24-,29-28-,30-25-,36-33-. The Labute approximate surface area is 439 Å². The molecule has 0 aromatic carbocycles. The molecule has 0 aromatic heterocycles. The highest BCUT2D eigenvalue weighted by molar-refractivity contribution is 7.47. The van der Waals surface area contributed by atoms with Crippen LogP contribution in [0.2, 0.25) is 0 Å². The molecule has 11 nitrogen and oxygen atoms in total. The van der Waals surface area contributed by atoms with Crippen molar-refractivity contribution in [2.45, 2.75) is 251 Å². The molecule has 0 amide bonds. The van der Waals surface area contributed by atoms with E-state index in [0.29, 0.717) is 19.3 Å². The van der Waals surface area contributed by atoms with E-state index in [2.05, 4.69) is 106 Å². The third-order valence-corrected chi connectivity index (χ3v) is 12.7. The lowest BCUT2D eigenvalue weighted by molar-refractivity contribution is -0.161. The minimum Gasteiger partial charge on any atom is -0.462 e. The molecule has 0 radical (unpaired) electrons. The van der Waals surface area contributed by atoms with Crippen molar-refractivity contribution in [3.05, 3.63) is 85.1 Å².